The fourth-order valence-electron chi connectivity index (χ4n) is 3.38. The summed E-state index contributed by atoms with van der Waals surface area (Å²) in [5.74, 6) is 0.713. The Kier molecular flexibility index (Phi) is 4.31. The summed E-state index contributed by atoms with van der Waals surface area (Å²) in [4.78, 5) is 33.3. The predicted octanol–water partition coefficient (Wildman–Crippen LogP) is 1.30. The number of carbonyl (C=O) groups excluding carboxylic acids is 1. The minimum Gasteiger partial charge on any atom is -0.497 e. The van der Waals surface area contributed by atoms with Gasteiger partial charge in [-0.25, -0.2) is 9.50 Å². The van der Waals surface area contributed by atoms with Crippen LogP contribution >= 0.6 is 0 Å². The average molecular weight is 367 g/mol. The van der Waals surface area contributed by atoms with E-state index in [1.54, 1.807) is 25.1 Å². The number of H-pyrrole nitrogens is 1. The Morgan fingerprint density at radius 3 is 2.52 bits per heavy atom. The lowest BCUT2D eigenvalue weighted by Crippen LogP contribution is -2.48. The van der Waals surface area contributed by atoms with Crippen molar-refractivity contribution in [3.8, 4) is 5.75 Å². The van der Waals surface area contributed by atoms with Gasteiger partial charge in [-0.15, -0.1) is 0 Å². The van der Waals surface area contributed by atoms with E-state index in [2.05, 4.69) is 15.0 Å². The molecule has 1 fully saturated rings. The lowest BCUT2D eigenvalue weighted by Gasteiger charge is -2.36. The summed E-state index contributed by atoms with van der Waals surface area (Å²) in [7, 11) is 1.65. The van der Waals surface area contributed by atoms with Gasteiger partial charge in [0.1, 0.15) is 11.3 Å². The van der Waals surface area contributed by atoms with Gasteiger partial charge in [0.25, 0.3) is 11.5 Å². The molecule has 3 heterocycles. The molecule has 1 saturated heterocycles. The van der Waals surface area contributed by atoms with Crippen LogP contribution in [0.3, 0.4) is 0 Å². The number of nitrogens with zero attached hydrogens (tertiary/aromatic N) is 4. The van der Waals surface area contributed by atoms with Gasteiger partial charge >= 0.3 is 0 Å². The van der Waals surface area contributed by atoms with E-state index >= 15 is 0 Å². The van der Waals surface area contributed by atoms with Crippen LogP contribution in [0.1, 0.15) is 16.1 Å². The lowest BCUT2D eigenvalue weighted by molar-refractivity contribution is 0.0748. The van der Waals surface area contributed by atoms with Crippen molar-refractivity contribution >= 4 is 17.2 Å². The molecular weight excluding hydrogens is 346 g/mol. The molecule has 0 bridgehead atoms. The smallest absolute Gasteiger partial charge is 0.272 e. The van der Waals surface area contributed by atoms with Gasteiger partial charge in [-0.3, -0.25) is 14.7 Å². The molecule has 0 spiro atoms. The Labute approximate surface area is 156 Å². The van der Waals surface area contributed by atoms with Crippen molar-refractivity contribution in [2.45, 2.75) is 6.92 Å². The maximum absolute atomic E-state index is 12.9. The molecule has 27 heavy (non-hydrogen) atoms. The van der Waals surface area contributed by atoms with Crippen molar-refractivity contribution in [3.05, 3.63) is 58.1 Å². The fraction of sp³-hybridized carbons (Fsp3) is 0.316. The van der Waals surface area contributed by atoms with Crippen molar-refractivity contribution < 1.29 is 9.53 Å². The molecule has 0 saturated carbocycles. The molecule has 0 radical (unpaired) electrons. The summed E-state index contributed by atoms with van der Waals surface area (Å²) in [6.45, 7) is 4.45. The van der Waals surface area contributed by atoms with Crippen LogP contribution in [-0.4, -0.2) is 58.7 Å². The van der Waals surface area contributed by atoms with Crippen molar-refractivity contribution in [1.82, 2.24) is 19.5 Å². The fourth-order valence-corrected chi connectivity index (χ4v) is 3.38. The molecule has 1 aliphatic heterocycles. The van der Waals surface area contributed by atoms with Gasteiger partial charge in [-0.2, -0.15) is 0 Å². The van der Waals surface area contributed by atoms with Gasteiger partial charge in [0.05, 0.1) is 7.11 Å². The molecule has 0 aliphatic carbocycles. The second kappa shape index (κ2) is 6.79. The number of amides is 1. The van der Waals surface area contributed by atoms with Gasteiger partial charge in [0, 0.05) is 49.8 Å². The molecule has 8 nitrogen and oxygen atoms in total. The van der Waals surface area contributed by atoms with E-state index in [1.165, 1.54) is 10.6 Å². The zero-order valence-electron chi connectivity index (χ0n) is 15.3. The Hall–Kier alpha value is -3.29. The van der Waals surface area contributed by atoms with Crippen LogP contribution in [0.15, 0.2) is 41.3 Å². The van der Waals surface area contributed by atoms with Crippen LogP contribution in [0.2, 0.25) is 0 Å². The number of aromatic amines is 1. The highest BCUT2D eigenvalue weighted by atomic mass is 16.5. The molecule has 0 unspecified atom stereocenters. The molecule has 1 aliphatic rings. The van der Waals surface area contributed by atoms with Gasteiger partial charge in [0.15, 0.2) is 5.65 Å². The highest BCUT2D eigenvalue weighted by Crippen LogP contribution is 2.21. The lowest BCUT2D eigenvalue weighted by atomic mass is 10.2. The average Bonchev–Trinajstić information content (AvgIpc) is 3.12. The van der Waals surface area contributed by atoms with E-state index in [0.29, 0.717) is 30.0 Å². The second-order valence-electron chi connectivity index (χ2n) is 6.56. The van der Waals surface area contributed by atoms with Crippen LogP contribution in [-0.2, 0) is 0 Å². The van der Waals surface area contributed by atoms with Crippen LogP contribution < -0.4 is 15.2 Å². The Bertz CT molecular complexity index is 1030. The molecule has 2 aromatic heterocycles. The largest absolute Gasteiger partial charge is 0.497 e. The molecular formula is C19H21N5O3. The predicted molar refractivity (Wildman–Crippen MR) is 102 cm³/mol. The van der Waals surface area contributed by atoms with Gasteiger partial charge < -0.3 is 14.5 Å². The first kappa shape index (κ1) is 17.1. The van der Waals surface area contributed by atoms with E-state index in [9.17, 15) is 9.59 Å². The summed E-state index contributed by atoms with van der Waals surface area (Å²) < 4.78 is 6.49. The van der Waals surface area contributed by atoms with E-state index in [-0.39, 0.29) is 11.5 Å². The number of carbonyl (C=O) groups is 1. The minimum absolute atomic E-state index is 0.111. The van der Waals surface area contributed by atoms with Gasteiger partial charge in [0.2, 0.25) is 0 Å². The number of nitrogens with one attached hydrogen (secondary N) is 1. The summed E-state index contributed by atoms with van der Waals surface area (Å²) in [6.07, 6.45) is 1.56. The topological polar surface area (TPSA) is 82.9 Å². The van der Waals surface area contributed by atoms with Crippen LogP contribution in [0.4, 0.5) is 5.69 Å². The number of hydrogen-bond acceptors (Lipinski definition) is 5. The minimum atomic E-state index is -0.221. The second-order valence-corrected chi connectivity index (χ2v) is 6.56. The third-order valence-electron chi connectivity index (χ3n) is 4.86. The maximum atomic E-state index is 12.9. The molecule has 4 rings (SSSR count). The van der Waals surface area contributed by atoms with Crippen molar-refractivity contribution in [3.63, 3.8) is 0 Å². The molecule has 8 heteroatoms. The zero-order chi connectivity index (χ0) is 19.0. The number of benzene rings is 1. The highest BCUT2D eigenvalue weighted by Gasteiger charge is 2.25. The van der Waals surface area contributed by atoms with E-state index in [1.807, 2.05) is 24.3 Å². The van der Waals surface area contributed by atoms with Crippen LogP contribution in [0.5, 0.6) is 5.75 Å². The summed E-state index contributed by atoms with van der Waals surface area (Å²) in [6, 6.07) is 9.35. The molecule has 1 aromatic carbocycles. The summed E-state index contributed by atoms with van der Waals surface area (Å²) in [5.41, 5.74) is 2.29. The third kappa shape index (κ3) is 3.14. The number of ether oxygens (including phenoxy) is 1. The first-order chi connectivity index (χ1) is 13.1. The molecule has 0 atom stereocenters. The highest BCUT2D eigenvalue weighted by molar-refractivity contribution is 5.99. The Balaban J connectivity index is 1.49. The molecule has 3 aromatic rings. The molecule has 1 amide bonds. The zero-order valence-corrected chi connectivity index (χ0v) is 15.3. The monoisotopic (exact) mass is 367 g/mol. The van der Waals surface area contributed by atoms with Gasteiger partial charge in [-0.1, -0.05) is 0 Å². The van der Waals surface area contributed by atoms with Crippen molar-refractivity contribution in [1.29, 1.82) is 0 Å². The van der Waals surface area contributed by atoms with Crippen LogP contribution in [0.25, 0.3) is 5.65 Å². The maximum Gasteiger partial charge on any atom is 0.272 e. The third-order valence-corrected chi connectivity index (χ3v) is 4.86. The molecule has 1 N–H and O–H groups in total. The normalized spacial score (nSPS) is 14.6. The first-order valence-corrected chi connectivity index (χ1v) is 8.83. The number of methoxy groups -OCH3 is 1. The van der Waals surface area contributed by atoms with Crippen molar-refractivity contribution in [2.75, 3.05) is 38.2 Å². The van der Waals surface area contributed by atoms with E-state index < -0.39 is 0 Å². The van der Waals surface area contributed by atoms with Crippen LogP contribution in [0, 0.1) is 6.92 Å². The van der Waals surface area contributed by atoms with Crippen molar-refractivity contribution in [2.24, 2.45) is 0 Å². The van der Waals surface area contributed by atoms with E-state index in [0.717, 1.165) is 24.5 Å². The number of hydrogen-bond donors (Lipinski definition) is 1. The Morgan fingerprint density at radius 2 is 1.85 bits per heavy atom. The SMILES string of the molecule is COc1ccc(N2CCN(C(=O)c3c[nH]n4c(=O)cc(C)nc34)CC2)cc1. The standard InChI is InChI=1S/C19H21N5O3/c1-13-11-17(25)24-18(21-13)16(12-20-24)19(26)23-9-7-22(8-10-23)14-3-5-15(27-2)6-4-14/h3-6,11-12,20H,7-10H2,1-2H3. The summed E-state index contributed by atoms with van der Waals surface area (Å²) in [5, 5.41) is 2.82. The Morgan fingerprint density at radius 1 is 1.15 bits per heavy atom. The van der Waals surface area contributed by atoms with Gasteiger partial charge in [-0.05, 0) is 31.2 Å². The number of anilines is 1. The number of fused-ring (bicyclic) bond motifs is 1. The number of piperazine rings is 1. The number of aromatic nitrogens is 3. The molecule has 140 valence electrons. The quantitative estimate of drug-likeness (QED) is 0.755. The summed E-state index contributed by atoms with van der Waals surface area (Å²) >= 11 is 0. The van der Waals surface area contributed by atoms with E-state index in [4.69, 9.17) is 4.74 Å². The first-order valence-electron chi connectivity index (χ1n) is 8.83. The number of rotatable bonds is 3. The number of aryl methyl sites for hydroxylation is 1.